The van der Waals surface area contributed by atoms with E-state index in [1.54, 1.807) is 0 Å². The molecule has 0 radical (unpaired) electrons. The number of rotatable bonds is 4. The SMILES string of the molecule is C=C(c1cccc(N2CCOCC2)c1)c1[nH]nc2nc(N3CCC4(CC3)Cc3ccccc3[C@H]4N)[nH]c(=O)c12. The van der Waals surface area contributed by atoms with E-state index >= 15 is 0 Å². The summed E-state index contributed by atoms with van der Waals surface area (Å²) in [4.78, 5) is 25.6. The van der Waals surface area contributed by atoms with Gasteiger partial charge in [-0.05, 0) is 53.5 Å². The quantitative estimate of drug-likeness (QED) is 0.376. The van der Waals surface area contributed by atoms with E-state index in [9.17, 15) is 4.79 Å². The number of aromatic nitrogens is 4. The minimum Gasteiger partial charge on any atom is -0.378 e. The molecule has 2 aromatic heterocycles. The fourth-order valence-electron chi connectivity index (χ4n) is 6.61. The van der Waals surface area contributed by atoms with Gasteiger partial charge in [-0.3, -0.25) is 14.9 Å². The van der Waals surface area contributed by atoms with E-state index in [-0.39, 0.29) is 17.0 Å². The molecular weight excluding hydrogens is 490 g/mol. The Morgan fingerprint density at radius 3 is 2.64 bits per heavy atom. The number of nitrogens with one attached hydrogen (secondary N) is 2. The van der Waals surface area contributed by atoms with Crippen molar-refractivity contribution in [2.24, 2.45) is 11.1 Å². The fourth-order valence-corrected chi connectivity index (χ4v) is 6.61. The molecule has 200 valence electrons. The molecule has 0 amide bonds. The number of nitrogens with zero attached hydrogens (tertiary/aromatic N) is 4. The lowest BCUT2D eigenvalue weighted by Gasteiger charge is -2.42. The highest BCUT2D eigenvalue weighted by Crippen LogP contribution is 2.50. The first-order valence-corrected chi connectivity index (χ1v) is 13.7. The largest absolute Gasteiger partial charge is 0.378 e. The molecule has 4 heterocycles. The molecule has 9 nitrogen and oxygen atoms in total. The maximum atomic E-state index is 13.4. The van der Waals surface area contributed by atoms with Gasteiger partial charge in [0.2, 0.25) is 5.95 Å². The van der Waals surface area contributed by atoms with E-state index in [1.165, 1.54) is 11.1 Å². The topological polar surface area (TPSA) is 116 Å². The molecule has 1 spiro atoms. The Morgan fingerprint density at radius 2 is 1.85 bits per heavy atom. The normalized spacial score (nSPS) is 20.5. The van der Waals surface area contributed by atoms with Crippen molar-refractivity contribution in [2.75, 3.05) is 49.2 Å². The van der Waals surface area contributed by atoms with Crippen molar-refractivity contribution >= 4 is 28.2 Å². The number of hydrogen-bond donors (Lipinski definition) is 3. The predicted octanol–water partition coefficient (Wildman–Crippen LogP) is 3.39. The summed E-state index contributed by atoms with van der Waals surface area (Å²) >= 11 is 0. The molecule has 2 fully saturated rings. The summed E-state index contributed by atoms with van der Waals surface area (Å²) in [6.45, 7) is 9.02. The third kappa shape index (κ3) is 4.04. The van der Waals surface area contributed by atoms with Crippen molar-refractivity contribution in [1.29, 1.82) is 0 Å². The molecule has 9 heteroatoms. The molecule has 4 aromatic rings. The van der Waals surface area contributed by atoms with E-state index in [4.69, 9.17) is 15.5 Å². The Bertz CT molecular complexity index is 1610. The van der Waals surface area contributed by atoms with Crippen LogP contribution in [0.1, 0.15) is 41.3 Å². The molecule has 39 heavy (non-hydrogen) atoms. The number of fused-ring (bicyclic) bond motifs is 2. The Kier molecular flexibility index (Phi) is 5.79. The average Bonchev–Trinajstić information content (AvgIpc) is 3.53. The first kappa shape index (κ1) is 24.1. The summed E-state index contributed by atoms with van der Waals surface area (Å²) in [5, 5.41) is 7.88. The molecule has 3 aliphatic rings. The van der Waals surface area contributed by atoms with Crippen LogP contribution < -0.4 is 21.1 Å². The Hall–Kier alpha value is -3.95. The van der Waals surface area contributed by atoms with Crippen molar-refractivity contribution in [3.8, 4) is 0 Å². The zero-order chi connectivity index (χ0) is 26.6. The van der Waals surface area contributed by atoms with Crippen molar-refractivity contribution in [3.63, 3.8) is 0 Å². The summed E-state index contributed by atoms with van der Waals surface area (Å²) in [7, 11) is 0. The predicted molar refractivity (Wildman–Crippen MR) is 153 cm³/mol. The molecule has 4 N–H and O–H groups in total. The molecule has 7 rings (SSSR count). The molecule has 2 aliphatic heterocycles. The zero-order valence-corrected chi connectivity index (χ0v) is 21.9. The van der Waals surface area contributed by atoms with Gasteiger partial charge in [0, 0.05) is 43.5 Å². The van der Waals surface area contributed by atoms with Gasteiger partial charge in [-0.1, -0.05) is 43.0 Å². The summed E-state index contributed by atoms with van der Waals surface area (Å²) in [5.41, 5.74) is 13.0. The molecule has 2 saturated heterocycles. The maximum Gasteiger partial charge on any atom is 0.264 e. The van der Waals surface area contributed by atoms with Gasteiger partial charge in [-0.25, -0.2) is 0 Å². The van der Waals surface area contributed by atoms with Crippen LogP contribution in [-0.2, 0) is 11.2 Å². The van der Waals surface area contributed by atoms with E-state index in [2.05, 4.69) is 68.0 Å². The van der Waals surface area contributed by atoms with Gasteiger partial charge in [0.15, 0.2) is 5.65 Å². The summed E-state index contributed by atoms with van der Waals surface area (Å²) in [5.74, 6) is 0.560. The minimum atomic E-state index is -0.213. The van der Waals surface area contributed by atoms with Gasteiger partial charge in [0.25, 0.3) is 5.56 Å². The second kappa shape index (κ2) is 9.36. The third-order valence-electron chi connectivity index (χ3n) is 8.94. The van der Waals surface area contributed by atoms with Crippen LogP contribution in [0, 0.1) is 5.41 Å². The number of morpholine rings is 1. The lowest BCUT2D eigenvalue weighted by molar-refractivity contribution is 0.122. The van der Waals surface area contributed by atoms with Gasteiger partial charge in [0.05, 0.1) is 18.9 Å². The van der Waals surface area contributed by atoms with E-state index < -0.39 is 0 Å². The van der Waals surface area contributed by atoms with E-state index in [1.807, 2.05) is 12.1 Å². The van der Waals surface area contributed by atoms with Crippen LogP contribution in [0.3, 0.4) is 0 Å². The smallest absolute Gasteiger partial charge is 0.264 e. The second-order valence-electron chi connectivity index (χ2n) is 11.0. The fraction of sp³-hybridized carbons (Fsp3) is 0.367. The van der Waals surface area contributed by atoms with Crippen LogP contribution in [0.25, 0.3) is 16.6 Å². The Morgan fingerprint density at radius 1 is 1.05 bits per heavy atom. The molecule has 1 atom stereocenters. The van der Waals surface area contributed by atoms with Crippen molar-refractivity contribution in [2.45, 2.75) is 25.3 Å². The van der Waals surface area contributed by atoms with Gasteiger partial charge >= 0.3 is 0 Å². The molecule has 0 saturated carbocycles. The average molecular weight is 524 g/mol. The van der Waals surface area contributed by atoms with Crippen LogP contribution in [0.4, 0.5) is 11.6 Å². The lowest BCUT2D eigenvalue weighted by Crippen LogP contribution is -2.45. The van der Waals surface area contributed by atoms with Crippen LogP contribution in [-0.4, -0.2) is 59.6 Å². The number of H-pyrrole nitrogens is 2. The van der Waals surface area contributed by atoms with Crippen LogP contribution in [0.15, 0.2) is 59.9 Å². The molecule has 1 aliphatic carbocycles. The molecular formula is C30H33N7O2. The highest BCUT2D eigenvalue weighted by atomic mass is 16.5. The molecule has 0 bridgehead atoms. The number of hydrogen-bond acceptors (Lipinski definition) is 7. The van der Waals surface area contributed by atoms with Crippen LogP contribution >= 0.6 is 0 Å². The van der Waals surface area contributed by atoms with Gasteiger partial charge < -0.3 is 20.3 Å². The third-order valence-corrected chi connectivity index (χ3v) is 8.94. The molecule has 2 aromatic carbocycles. The highest BCUT2D eigenvalue weighted by molar-refractivity contribution is 5.92. The maximum absolute atomic E-state index is 13.4. The van der Waals surface area contributed by atoms with Crippen molar-refractivity contribution < 1.29 is 4.74 Å². The standard InChI is InChI=1S/C30H33N7O2/c1-19(20-6-4-7-22(17-20)36-13-15-39-16-14-36)25-24-27(35-34-25)32-29(33-28(24)38)37-11-9-30(10-12-37)18-21-5-2-3-8-23(21)26(30)31/h2-8,17,26H,1,9-16,18,31H2,(H2,32,33,34,35,38)/t26-/m1/s1. The number of nitrogens with two attached hydrogens (primary N) is 1. The second-order valence-corrected chi connectivity index (χ2v) is 11.0. The Balaban J connectivity index is 1.12. The van der Waals surface area contributed by atoms with Crippen molar-refractivity contribution in [3.05, 3.63) is 87.8 Å². The van der Waals surface area contributed by atoms with Crippen LogP contribution in [0.2, 0.25) is 0 Å². The number of ether oxygens (including phenoxy) is 1. The van der Waals surface area contributed by atoms with E-state index in [0.29, 0.717) is 28.2 Å². The van der Waals surface area contributed by atoms with E-state index in [0.717, 1.165) is 69.9 Å². The first-order chi connectivity index (χ1) is 19.0. The summed E-state index contributed by atoms with van der Waals surface area (Å²) < 4.78 is 5.49. The first-order valence-electron chi connectivity index (χ1n) is 13.7. The van der Waals surface area contributed by atoms with Gasteiger partial charge in [-0.15, -0.1) is 0 Å². The summed E-state index contributed by atoms with van der Waals surface area (Å²) in [6, 6.07) is 16.8. The number of anilines is 2. The summed E-state index contributed by atoms with van der Waals surface area (Å²) in [6.07, 6.45) is 2.91. The monoisotopic (exact) mass is 523 g/mol. The molecule has 0 unspecified atom stereocenters. The van der Waals surface area contributed by atoms with Crippen LogP contribution in [0.5, 0.6) is 0 Å². The number of piperidine rings is 1. The van der Waals surface area contributed by atoms with Gasteiger partial charge in [-0.2, -0.15) is 10.1 Å². The van der Waals surface area contributed by atoms with Crippen molar-refractivity contribution in [1.82, 2.24) is 20.2 Å². The minimum absolute atomic E-state index is 0.0481. The highest BCUT2D eigenvalue weighted by Gasteiger charge is 2.46. The van der Waals surface area contributed by atoms with Gasteiger partial charge in [0.1, 0.15) is 5.39 Å². The lowest BCUT2D eigenvalue weighted by atomic mass is 9.73. The number of aromatic amines is 2. The number of benzene rings is 2. The Labute approximate surface area is 226 Å². The zero-order valence-electron chi connectivity index (χ0n) is 21.9.